The Labute approximate surface area is 142 Å². The molecule has 0 aliphatic carbocycles. The van der Waals surface area contributed by atoms with Gasteiger partial charge in [-0.3, -0.25) is 4.90 Å². The molecule has 2 heterocycles. The Bertz CT molecular complexity index is 589. The van der Waals surface area contributed by atoms with Crippen LogP contribution >= 0.6 is 0 Å². The van der Waals surface area contributed by atoms with Gasteiger partial charge >= 0.3 is 0 Å². The molecule has 0 amide bonds. The highest BCUT2D eigenvalue weighted by atomic mass is 19.2. The SMILES string of the molecule is Cc1ccc(CN2CCC(O)(C3CCOCC3)C(C)C2)c(F)c1F. The maximum Gasteiger partial charge on any atom is 0.163 e. The minimum atomic E-state index is -0.753. The van der Waals surface area contributed by atoms with Crippen molar-refractivity contribution in [1.29, 1.82) is 0 Å². The first-order valence-corrected chi connectivity index (χ1v) is 8.87. The van der Waals surface area contributed by atoms with Crippen molar-refractivity contribution in [3.05, 3.63) is 34.9 Å². The van der Waals surface area contributed by atoms with E-state index in [9.17, 15) is 13.9 Å². The number of aryl methyl sites for hydroxylation is 1. The standard InChI is InChI=1S/C19H27F2NO2/c1-13-3-4-15(18(21)17(13)20)12-22-8-7-19(23,14(2)11-22)16-5-9-24-10-6-16/h3-4,14,16,23H,5-12H2,1-2H3. The lowest BCUT2D eigenvalue weighted by molar-refractivity contribution is -0.131. The fraction of sp³-hybridized carbons (Fsp3) is 0.684. The van der Waals surface area contributed by atoms with Gasteiger partial charge in [-0.15, -0.1) is 0 Å². The lowest BCUT2D eigenvalue weighted by atomic mass is 9.70. The normalized spacial score (nSPS) is 29.8. The Morgan fingerprint density at radius 3 is 2.62 bits per heavy atom. The van der Waals surface area contributed by atoms with Gasteiger partial charge in [0.05, 0.1) is 5.60 Å². The Morgan fingerprint density at radius 2 is 1.96 bits per heavy atom. The highest BCUT2D eigenvalue weighted by molar-refractivity contribution is 5.25. The molecule has 0 aromatic heterocycles. The van der Waals surface area contributed by atoms with Crippen LogP contribution in [0.15, 0.2) is 12.1 Å². The fourth-order valence-electron chi connectivity index (χ4n) is 4.22. The topological polar surface area (TPSA) is 32.7 Å². The molecular weight excluding hydrogens is 312 g/mol. The van der Waals surface area contributed by atoms with Gasteiger partial charge in [0.2, 0.25) is 0 Å². The van der Waals surface area contributed by atoms with E-state index in [1.54, 1.807) is 19.1 Å². The first kappa shape index (κ1) is 17.8. The van der Waals surface area contributed by atoms with Gasteiger partial charge < -0.3 is 9.84 Å². The van der Waals surface area contributed by atoms with Crippen LogP contribution < -0.4 is 0 Å². The largest absolute Gasteiger partial charge is 0.389 e. The molecule has 1 aromatic rings. The van der Waals surface area contributed by atoms with E-state index < -0.39 is 17.2 Å². The first-order chi connectivity index (χ1) is 11.4. The number of aliphatic hydroxyl groups is 1. The zero-order chi connectivity index (χ0) is 17.3. The van der Waals surface area contributed by atoms with Crippen molar-refractivity contribution < 1.29 is 18.6 Å². The molecular formula is C19H27F2NO2. The molecule has 134 valence electrons. The van der Waals surface area contributed by atoms with Gasteiger partial charge in [-0.05, 0) is 43.6 Å². The molecule has 2 aliphatic rings. The lowest BCUT2D eigenvalue weighted by Gasteiger charge is -2.48. The molecule has 3 rings (SSSR count). The molecule has 0 spiro atoms. The Hall–Kier alpha value is -1.04. The summed E-state index contributed by atoms with van der Waals surface area (Å²) in [6.07, 6.45) is 2.48. The molecule has 0 saturated carbocycles. The number of hydrogen-bond donors (Lipinski definition) is 1. The fourth-order valence-corrected chi connectivity index (χ4v) is 4.22. The molecule has 1 N–H and O–H groups in total. The summed E-state index contributed by atoms with van der Waals surface area (Å²) in [5.74, 6) is -1.12. The second-order valence-electron chi connectivity index (χ2n) is 7.43. The lowest BCUT2D eigenvalue weighted by Crippen LogP contribution is -2.55. The third kappa shape index (κ3) is 3.35. The summed E-state index contributed by atoms with van der Waals surface area (Å²) in [5.41, 5.74) is 0.0520. The number of halogens is 2. The Morgan fingerprint density at radius 1 is 1.25 bits per heavy atom. The van der Waals surface area contributed by atoms with E-state index in [0.717, 1.165) is 26.1 Å². The highest BCUT2D eigenvalue weighted by Gasteiger charge is 2.45. The van der Waals surface area contributed by atoms with E-state index in [4.69, 9.17) is 4.74 Å². The summed E-state index contributed by atoms with van der Waals surface area (Å²) in [7, 11) is 0. The monoisotopic (exact) mass is 339 g/mol. The zero-order valence-corrected chi connectivity index (χ0v) is 14.5. The summed E-state index contributed by atoms with van der Waals surface area (Å²) >= 11 is 0. The van der Waals surface area contributed by atoms with Crippen LogP contribution in [0.5, 0.6) is 0 Å². The Balaban J connectivity index is 1.66. The van der Waals surface area contributed by atoms with Crippen molar-refractivity contribution in [2.45, 2.75) is 45.3 Å². The first-order valence-electron chi connectivity index (χ1n) is 8.87. The number of nitrogens with zero attached hydrogens (tertiary/aromatic N) is 1. The van der Waals surface area contributed by atoms with E-state index in [-0.39, 0.29) is 11.8 Å². The second-order valence-corrected chi connectivity index (χ2v) is 7.43. The number of rotatable bonds is 3. The molecule has 0 bridgehead atoms. The third-order valence-electron chi connectivity index (χ3n) is 5.89. The van der Waals surface area contributed by atoms with Gasteiger partial charge in [0.15, 0.2) is 11.6 Å². The van der Waals surface area contributed by atoms with Gasteiger partial charge in [0.25, 0.3) is 0 Å². The van der Waals surface area contributed by atoms with Crippen LogP contribution in [0.1, 0.15) is 37.3 Å². The van der Waals surface area contributed by atoms with E-state index in [2.05, 4.69) is 11.8 Å². The molecule has 2 unspecified atom stereocenters. The minimum absolute atomic E-state index is 0.104. The zero-order valence-electron chi connectivity index (χ0n) is 14.5. The average Bonchev–Trinajstić information content (AvgIpc) is 2.59. The molecule has 24 heavy (non-hydrogen) atoms. The summed E-state index contributed by atoms with van der Waals surface area (Å²) in [4.78, 5) is 2.12. The summed E-state index contributed by atoms with van der Waals surface area (Å²) in [6, 6.07) is 3.29. The van der Waals surface area contributed by atoms with E-state index in [1.165, 1.54) is 0 Å². The van der Waals surface area contributed by atoms with Gasteiger partial charge in [0, 0.05) is 38.4 Å². The van der Waals surface area contributed by atoms with Crippen molar-refractivity contribution in [2.75, 3.05) is 26.3 Å². The number of benzene rings is 1. The van der Waals surface area contributed by atoms with Crippen LogP contribution in [-0.4, -0.2) is 41.9 Å². The van der Waals surface area contributed by atoms with Crippen LogP contribution in [0, 0.1) is 30.4 Å². The van der Waals surface area contributed by atoms with Crippen molar-refractivity contribution >= 4 is 0 Å². The minimum Gasteiger partial charge on any atom is -0.389 e. The van der Waals surface area contributed by atoms with E-state index >= 15 is 0 Å². The van der Waals surface area contributed by atoms with Crippen molar-refractivity contribution in [3.63, 3.8) is 0 Å². The van der Waals surface area contributed by atoms with Gasteiger partial charge in [-0.25, -0.2) is 8.78 Å². The molecule has 3 nitrogen and oxygen atoms in total. The van der Waals surface area contributed by atoms with Gasteiger partial charge in [0.1, 0.15) is 0 Å². The van der Waals surface area contributed by atoms with Crippen molar-refractivity contribution in [3.8, 4) is 0 Å². The van der Waals surface area contributed by atoms with Crippen molar-refractivity contribution in [1.82, 2.24) is 4.90 Å². The van der Waals surface area contributed by atoms with Crippen molar-refractivity contribution in [2.24, 2.45) is 11.8 Å². The number of likely N-dealkylation sites (tertiary alicyclic amines) is 1. The number of piperidine rings is 1. The molecule has 2 aliphatic heterocycles. The van der Waals surface area contributed by atoms with Crippen LogP contribution in [0.4, 0.5) is 8.78 Å². The van der Waals surface area contributed by atoms with Crippen LogP contribution in [0.3, 0.4) is 0 Å². The molecule has 2 atom stereocenters. The summed E-state index contributed by atoms with van der Waals surface area (Å²) in [5, 5.41) is 11.2. The third-order valence-corrected chi connectivity index (χ3v) is 5.89. The molecule has 2 fully saturated rings. The van der Waals surface area contributed by atoms with Crippen LogP contribution in [0.25, 0.3) is 0 Å². The quantitative estimate of drug-likeness (QED) is 0.917. The van der Waals surface area contributed by atoms with Crippen LogP contribution in [-0.2, 0) is 11.3 Å². The predicted molar refractivity (Wildman–Crippen MR) is 88.6 cm³/mol. The maximum absolute atomic E-state index is 14.1. The van der Waals surface area contributed by atoms with Gasteiger partial charge in [-0.1, -0.05) is 19.1 Å². The predicted octanol–water partition coefficient (Wildman–Crippen LogP) is 3.27. The average molecular weight is 339 g/mol. The maximum atomic E-state index is 14.1. The summed E-state index contributed by atoms with van der Waals surface area (Å²) in [6.45, 7) is 6.86. The smallest absolute Gasteiger partial charge is 0.163 e. The molecule has 0 radical (unpaired) electrons. The van der Waals surface area contributed by atoms with Gasteiger partial charge in [-0.2, -0.15) is 0 Å². The molecule has 2 saturated heterocycles. The Kier molecular flexibility index (Phi) is 5.23. The number of hydrogen-bond acceptors (Lipinski definition) is 3. The second kappa shape index (κ2) is 7.06. The highest BCUT2D eigenvalue weighted by Crippen LogP contribution is 2.39. The van der Waals surface area contributed by atoms with Crippen LogP contribution in [0.2, 0.25) is 0 Å². The van der Waals surface area contributed by atoms with E-state index in [1.807, 2.05) is 0 Å². The summed E-state index contributed by atoms with van der Waals surface area (Å²) < 4.78 is 33.2. The molecule has 5 heteroatoms. The number of ether oxygens (including phenoxy) is 1. The van der Waals surface area contributed by atoms with E-state index in [0.29, 0.717) is 37.2 Å². The molecule has 1 aromatic carbocycles.